The zero-order chi connectivity index (χ0) is 23.0. The van der Waals surface area contributed by atoms with Crippen LogP contribution in [0.3, 0.4) is 0 Å². The van der Waals surface area contributed by atoms with Crippen LogP contribution < -0.4 is 0 Å². The summed E-state index contributed by atoms with van der Waals surface area (Å²) in [5.74, 6) is 2.19. The number of carbonyl (C=O) groups excluding carboxylic acids is 2. The molecule has 1 aromatic rings. The van der Waals surface area contributed by atoms with Crippen LogP contribution in [0.1, 0.15) is 76.1 Å². The number of piperidine rings is 1. The Labute approximate surface area is 195 Å². The average Bonchev–Trinajstić information content (AvgIpc) is 3.39. The molecule has 1 spiro atoms. The van der Waals surface area contributed by atoms with Gasteiger partial charge in [0, 0.05) is 44.6 Å². The van der Waals surface area contributed by atoms with Crippen molar-refractivity contribution in [1.29, 1.82) is 0 Å². The second kappa shape index (κ2) is 9.33. The standard InChI is InChI=1S/C24H37N5O4/c1-17(2)21-25-26-22(33-21)19-14-24(6-8-28(9-7-24)23(31)18-4-3-5-18)16-29(19)15-20(30)27-10-12-32-13-11-27/h17-19H,3-16H2,1-2H3. The van der Waals surface area contributed by atoms with Crippen LogP contribution in [-0.2, 0) is 14.3 Å². The molecule has 2 amide bonds. The lowest BCUT2D eigenvalue weighted by Crippen LogP contribution is -2.48. The zero-order valence-electron chi connectivity index (χ0n) is 20.0. The van der Waals surface area contributed by atoms with E-state index in [4.69, 9.17) is 9.15 Å². The summed E-state index contributed by atoms with van der Waals surface area (Å²) in [7, 11) is 0. The first-order valence-corrected chi connectivity index (χ1v) is 12.7. The van der Waals surface area contributed by atoms with Crippen LogP contribution in [0.4, 0.5) is 0 Å². The van der Waals surface area contributed by atoms with Crippen molar-refractivity contribution in [1.82, 2.24) is 24.9 Å². The Hall–Kier alpha value is -2.00. The van der Waals surface area contributed by atoms with Gasteiger partial charge in [-0.3, -0.25) is 14.5 Å². The Morgan fingerprint density at radius 2 is 1.79 bits per heavy atom. The van der Waals surface area contributed by atoms with E-state index in [9.17, 15) is 9.59 Å². The molecular formula is C24H37N5O4. The minimum Gasteiger partial charge on any atom is -0.423 e. The number of likely N-dealkylation sites (tertiary alicyclic amines) is 2. The highest BCUT2D eigenvalue weighted by molar-refractivity contribution is 5.80. The first-order valence-electron chi connectivity index (χ1n) is 12.7. The minimum atomic E-state index is -0.0520. The number of amides is 2. The summed E-state index contributed by atoms with van der Waals surface area (Å²) in [6.45, 7) is 9.41. The molecule has 0 aromatic carbocycles. The third-order valence-corrected chi connectivity index (χ3v) is 8.13. The highest BCUT2D eigenvalue weighted by atomic mass is 16.5. The molecule has 3 saturated heterocycles. The summed E-state index contributed by atoms with van der Waals surface area (Å²) < 4.78 is 11.5. The molecule has 4 aliphatic rings. The summed E-state index contributed by atoms with van der Waals surface area (Å²) in [6.07, 6.45) is 6.12. The molecule has 1 saturated carbocycles. The van der Waals surface area contributed by atoms with Gasteiger partial charge in [-0.15, -0.1) is 10.2 Å². The lowest BCUT2D eigenvalue weighted by atomic mass is 9.75. The van der Waals surface area contributed by atoms with E-state index in [0.29, 0.717) is 50.5 Å². The fourth-order valence-electron chi connectivity index (χ4n) is 5.73. The number of hydrogen-bond acceptors (Lipinski definition) is 7. The van der Waals surface area contributed by atoms with Gasteiger partial charge in [-0.1, -0.05) is 20.3 Å². The maximum absolute atomic E-state index is 13.1. The molecule has 0 radical (unpaired) electrons. The summed E-state index contributed by atoms with van der Waals surface area (Å²) in [4.78, 5) is 32.1. The van der Waals surface area contributed by atoms with Crippen molar-refractivity contribution in [2.24, 2.45) is 11.3 Å². The van der Waals surface area contributed by atoms with Gasteiger partial charge in [-0.25, -0.2) is 0 Å². The van der Waals surface area contributed by atoms with Gasteiger partial charge in [0.15, 0.2) is 0 Å². The third kappa shape index (κ3) is 4.67. The van der Waals surface area contributed by atoms with E-state index in [-0.39, 0.29) is 29.2 Å². The zero-order valence-corrected chi connectivity index (χ0v) is 20.0. The molecule has 4 heterocycles. The highest BCUT2D eigenvalue weighted by Crippen LogP contribution is 2.49. The Kier molecular flexibility index (Phi) is 6.44. The Morgan fingerprint density at radius 3 is 2.39 bits per heavy atom. The SMILES string of the molecule is CC(C)c1nnc(C2CC3(CCN(C(=O)C4CCC4)CC3)CN2CC(=O)N2CCOCC2)o1. The van der Waals surface area contributed by atoms with Gasteiger partial charge in [0.25, 0.3) is 0 Å². The van der Waals surface area contributed by atoms with Crippen molar-refractivity contribution in [2.75, 3.05) is 52.5 Å². The van der Waals surface area contributed by atoms with Crippen molar-refractivity contribution >= 4 is 11.8 Å². The largest absolute Gasteiger partial charge is 0.423 e. The summed E-state index contributed by atoms with van der Waals surface area (Å²) in [6, 6.07) is -0.0520. The average molecular weight is 460 g/mol. The second-order valence-electron chi connectivity index (χ2n) is 10.7. The Bertz CT molecular complexity index is 853. The molecule has 1 aliphatic carbocycles. The van der Waals surface area contributed by atoms with Gasteiger partial charge in [0.1, 0.15) is 0 Å². The van der Waals surface area contributed by atoms with Gasteiger partial charge in [0.2, 0.25) is 23.6 Å². The van der Waals surface area contributed by atoms with Gasteiger partial charge in [0.05, 0.1) is 25.8 Å². The molecule has 1 atom stereocenters. The van der Waals surface area contributed by atoms with Crippen LogP contribution in [0.2, 0.25) is 0 Å². The number of hydrogen-bond donors (Lipinski definition) is 0. The smallest absolute Gasteiger partial charge is 0.236 e. The van der Waals surface area contributed by atoms with E-state index >= 15 is 0 Å². The lowest BCUT2D eigenvalue weighted by Gasteiger charge is -2.41. The normalized spacial score (nSPS) is 26.2. The lowest BCUT2D eigenvalue weighted by molar-refractivity contribution is -0.140. The minimum absolute atomic E-state index is 0.0520. The maximum Gasteiger partial charge on any atom is 0.236 e. The molecule has 182 valence electrons. The molecule has 3 aliphatic heterocycles. The first-order chi connectivity index (χ1) is 15.9. The van der Waals surface area contributed by atoms with Gasteiger partial charge in [-0.2, -0.15) is 0 Å². The van der Waals surface area contributed by atoms with E-state index in [0.717, 1.165) is 51.7 Å². The fourth-order valence-corrected chi connectivity index (χ4v) is 5.73. The van der Waals surface area contributed by atoms with E-state index in [1.54, 1.807) is 0 Å². The summed E-state index contributed by atoms with van der Waals surface area (Å²) in [5, 5.41) is 8.64. The summed E-state index contributed by atoms with van der Waals surface area (Å²) in [5.41, 5.74) is 0.0822. The second-order valence-corrected chi connectivity index (χ2v) is 10.7. The topological polar surface area (TPSA) is 92.0 Å². The molecule has 0 bridgehead atoms. The van der Waals surface area contributed by atoms with E-state index in [1.807, 2.05) is 18.7 Å². The van der Waals surface area contributed by atoms with Gasteiger partial charge < -0.3 is 19.0 Å². The molecule has 33 heavy (non-hydrogen) atoms. The quantitative estimate of drug-likeness (QED) is 0.667. The van der Waals surface area contributed by atoms with Crippen molar-refractivity contribution in [3.63, 3.8) is 0 Å². The number of nitrogens with zero attached hydrogens (tertiary/aromatic N) is 5. The maximum atomic E-state index is 13.1. The number of carbonyl (C=O) groups is 2. The van der Waals surface area contributed by atoms with E-state index in [1.165, 1.54) is 6.42 Å². The molecule has 1 aromatic heterocycles. The third-order valence-electron chi connectivity index (χ3n) is 8.13. The molecule has 1 unspecified atom stereocenters. The van der Waals surface area contributed by atoms with E-state index in [2.05, 4.69) is 20.0 Å². The van der Waals surface area contributed by atoms with Crippen LogP contribution in [0.25, 0.3) is 0 Å². The van der Waals surface area contributed by atoms with Crippen LogP contribution in [0, 0.1) is 11.3 Å². The number of aromatic nitrogens is 2. The number of rotatable bonds is 5. The molecule has 9 nitrogen and oxygen atoms in total. The van der Waals surface area contributed by atoms with Crippen LogP contribution in [0.5, 0.6) is 0 Å². The van der Waals surface area contributed by atoms with Gasteiger partial charge in [-0.05, 0) is 37.5 Å². The van der Waals surface area contributed by atoms with Crippen LogP contribution in [-0.4, -0.2) is 89.2 Å². The highest BCUT2D eigenvalue weighted by Gasteiger charge is 2.49. The predicted molar refractivity (Wildman–Crippen MR) is 120 cm³/mol. The van der Waals surface area contributed by atoms with Crippen LogP contribution in [0.15, 0.2) is 4.42 Å². The first kappa shape index (κ1) is 22.8. The Balaban J connectivity index is 1.29. The fraction of sp³-hybridized carbons (Fsp3) is 0.833. The summed E-state index contributed by atoms with van der Waals surface area (Å²) >= 11 is 0. The monoisotopic (exact) mass is 459 g/mol. The van der Waals surface area contributed by atoms with Crippen LogP contribution >= 0.6 is 0 Å². The number of morpholine rings is 1. The van der Waals surface area contributed by atoms with E-state index < -0.39 is 0 Å². The number of ether oxygens (including phenoxy) is 1. The van der Waals surface area contributed by atoms with Crippen molar-refractivity contribution in [2.45, 2.75) is 64.3 Å². The molecule has 5 rings (SSSR count). The molecule has 9 heteroatoms. The van der Waals surface area contributed by atoms with Gasteiger partial charge >= 0.3 is 0 Å². The predicted octanol–water partition coefficient (Wildman–Crippen LogP) is 2.21. The Morgan fingerprint density at radius 1 is 1.06 bits per heavy atom. The van der Waals surface area contributed by atoms with Crippen molar-refractivity contribution in [3.05, 3.63) is 11.8 Å². The van der Waals surface area contributed by atoms with Crippen molar-refractivity contribution < 1.29 is 18.7 Å². The molecular weight excluding hydrogens is 422 g/mol. The molecule has 0 N–H and O–H groups in total. The molecule has 4 fully saturated rings. The van der Waals surface area contributed by atoms with Crippen molar-refractivity contribution in [3.8, 4) is 0 Å².